The maximum atomic E-state index is 6.04. The molecule has 7 heteroatoms. The zero-order valence-corrected chi connectivity index (χ0v) is 14.7. The van der Waals surface area contributed by atoms with E-state index in [9.17, 15) is 0 Å². The van der Waals surface area contributed by atoms with E-state index in [2.05, 4.69) is 49.6 Å². The molecule has 2 aliphatic rings. The van der Waals surface area contributed by atoms with Crippen molar-refractivity contribution in [3.8, 4) is 11.4 Å². The molecule has 0 saturated carbocycles. The molecule has 0 aliphatic carbocycles. The summed E-state index contributed by atoms with van der Waals surface area (Å²) >= 11 is 9.48. The number of benzene rings is 2. The number of halogens is 1. The Labute approximate surface area is 152 Å². The highest BCUT2D eigenvalue weighted by molar-refractivity contribution is 8.07. The topological polar surface area (TPSA) is 34.0 Å². The summed E-state index contributed by atoms with van der Waals surface area (Å²) in [6.07, 6.45) is 0. The summed E-state index contributed by atoms with van der Waals surface area (Å²) in [5.74, 6) is 0.864. The molecule has 0 fully saturated rings. The van der Waals surface area contributed by atoms with Crippen molar-refractivity contribution in [1.29, 1.82) is 0 Å². The van der Waals surface area contributed by atoms with Gasteiger partial charge in [0.1, 0.15) is 10.4 Å². The zero-order chi connectivity index (χ0) is 16.1. The van der Waals surface area contributed by atoms with Crippen molar-refractivity contribution in [3.63, 3.8) is 0 Å². The Morgan fingerprint density at radius 2 is 1.75 bits per heavy atom. The average molecular weight is 371 g/mol. The average Bonchev–Trinajstić information content (AvgIpc) is 3.27. The van der Waals surface area contributed by atoms with Gasteiger partial charge in [-0.1, -0.05) is 65.8 Å². The van der Waals surface area contributed by atoms with E-state index in [0.29, 0.717) is 0 Å². The number of rotatable bonds is 2. The van der Waals surface area contributed by atoms with Crippen molar-refractivity contribution < 1.29 is 0 Å². The van der Waals surface area contributed by atoms with Crippen LogP contribution in [0.15, 0.2) is 70.2 Å². The van der Waals surface area contributed by atoms with Gasteiger partial charge in [0.15, 0.2) is 5.82 Å². The first-order valence-electron chi connectivity index (χ1n) is 7.40. The standard InChI is InChI=1S/C17H11ClN4S2/c18-13-8-6-12(7-9-13)16-21-14(10-23-16)24-17-20-19-15(22(17)21)11-4-2-1-3-5-11/h1-10,16H. The molecule has 0 saturated heterocycles. The molecule has 3 heterocycles. The zero-order valence-electron chi connectivity index (χ0n) is 12.3. The third-order valence-corrected chi connectivity index (χ3v) is 6.40. The minimum atomic E-state index is 0.157. The normalized spacial score (nSPS) is 18.5. The molecule has 0 N–H and O–H groups in total. The van der Waals surface area contributed by atoms with Crippen LogP contribution >= 0.6 is 35.1 Å². The molecule has 2 aliphatic heterocycles. The van der Waals surface area contributed by atoms with Gasteiger partial charge in [-0.05, 0) is 29.5 Å². The molecule has 0 bridgehead atoms. The van der Waals surface area contributed by atoms with Crippen molar-refractivity contribution in [2.75, 3.05) is 5.01 Å². The molecule has 0 spiro atoms. The smallest absolute Gasteiger partial charge is 0.217 e. The Kier molecular flexibility index (Phi) is 3.36. The Bertz CT molecular complexity index is 937. The van der Waals surface area contributed by atoms with Crippen LogP contribution in [0.3, 0.4) is 0 Å². The van der Waals surface area contributed by atoms with E-state index in [1.54, 1.807) is 23.5 Å². The number of hydrogen-bond donors (Lipinski definition) is 0. The third kappa shape index (κ3) is 2.17. The summed E-state index contributed by atoms with van der Waals surface area (Å²) in [6, 6.07) is 18.2. The van der Waals surface area contributed by atoms with Crippen LogP contribution < -0.4 is 5.01 Å². The lowest BCUT2D eigenvalue weighted by Gasteiger charge is -2.25. The van der Waals surface area contributed by atoms with E-state index >= 15 is 0 Å². The van der Waals surface area contributed by atoms with Crippen LogP contribution in [0.4, 0.5) is 0 Å². The van der Waals surface area contributed by atoms with Crippen LogP contribution in [-0.4, -0.2) is 14.9 Å². The number of hydrogen-bond acceptors (Lipinski definition) is 5. The number of nitrogens with zero attached hydrogens (tertiary/aromatic N) is 4. The van der Waals surface area contributed by atoms with Crippen molar-refractivity contribution in [2.24, 2.45) is 0 Å². The Morgan fingerprint density at radius 3 is 2.54 bits per heavy atom. The fourth-order valence-electron chi connectivity index (χ4n) is 2.86. The van der Waals surface area contributed by atoms with Crippen LogP contribution in [0.1, 0.15) is 10.9 Å². The van der Waals surface area contributed by atoms with Crippen LogP contribution in [0, 0.1) is 0 Å². The summed E-state index contributed by atoms with van der Waals surface area (Å²) in [5, 5.41) is 16.2. The van der Waals surface area contributed by atoms with E-state index in [4.69, 9.17) is 11.6 Å². The summed E-state index contributed by atoms with van der Waals surface area (Å²) in [7, 11) is 0. The SMILES string of the molecule is Clc1ccc(C2SC=C3Sc4nnc(-c5ccccc5)n4N32)cc1. The van der Waals surface area contributed by atoms with Gasteiger partial charge in [0, 0.05) is 16.0 Å². The van der Waals surface area contributed by atoms with Gasteiger partial charge in [-0.15, -0.1) is 10.2 Å². The molecule has 5 rings (SSSR count). The predicted molar refractivity (Wildman–Crippen MR) is 99.4 cm³/mol. The summed E-state index contributed by atoms with van der Waals surface area (Å²) < 4.78 is 2.12. The van der Waals surface area contributed by atoms with Gasteiger partial charge in [0.25, 0.3) is 0 Å². The van der Waals surface area contributed by atoms with Crippen LogP contribution in [0.25, 0.3) is 11.4 Å². The second-order valence-electron chi connectivity index (χ2n) is 5.43. The molecule has 2 aromatic carbocycles. The Morgan fingerprint density at radius 1 is 0.958 bits per heavy atom. The van der Waals surface area contributed by atoms with Crippen LogP contribution in [0.5, 0.6) is 0 Å². The molecule has 1 aromatic heterocycles. The van der Waals surface area contributed by atoms with Crippen molar-refractivity contribution in [3.05, 3.63) is 75.6 Å². The first kappa shape index (κ1) is 14.5. The molecule has 1 unspecified atom stereocenters. The van der Waals surface area contributed by atoms with Gasteiger partial charge in [-0.25, -0.2) is 4.68 Å². The van der Waals surface area contributed by atoms with Gasteiger partial charge in [-0.2, -0.15) is 0 Å². The maximum absolute atomic E-state index is 6.04. The van der Waals surface area contributed by atoms with Gasteiger partial charge >= 0.3 is 0 Å². The van der Waals surface area contributed by atoms with E-state index in [0.717, 1.165) is 21.6 Å². The molecular weight excluding hydrogens is 360 g/mol. The van der Waals surface area contributed by atoms with E-state index < -0.39 is 0 Å². The molecule has 3 aromatic rings. The minimum Gasteiger partial charge on any atom is -0.252 e. The van der Waals surface area contributed by atoms with Crippen LogP contribution in [-0.2, 0) is 0 Å². The van der Waals surface area contributed by atoms with Crippen molar-refractivity contribution in [1.82, 2.24) is 14.9 Å². The molecule has 24 heavy (non-hydrogen) atoms. The molecule has 1 atom stereocenters. The Hall–Kier alpha value is -1.89. The van der Waals surface area contributed by atoms with Crippen molar-refractivity contribution >= 4 is 35.1 Å². The summed E-state index contributed by atoms with van der Waals surface area (Å²) in [4.78, 5) is 0. The molecule has 118 valence electrons. The van der Waals surface area contributed by atoms with E-state index in [-0.39, 0.29) is 5.37 Å². The molecule has 0 radical (unpaired) electrons. The molecule has 4 nitrogen and oxygen atoms in total. The molecule has 0 amide bonds. The highest BCUT2D eigenvalue weighted by Gasteiger charge is 2.39. The first-order valence-corrected chi connectivity index (χ1v) is 9.54. The fraction of sp³-hybridized carbons (Fsp3) is 0.0588. The number of fused-ring (bicyclic) bond motifs is 3. The molecular formula is C17H11ClN4S2. The second kappa shape index (κ2) is 5.58. The third-order valence-electron chi connectivity index (χ3n) is 3.96. The lowest BCUT2D eigenvalue weighted by atomic mass is 10.2. The maximum Gasteiger partial charge on any atom is 0.217 e. The van der Waals surface area contributed by atoms with Gasteiger partial charge in [0.2, 0.25) is 5.16 Å². The fourth-order valence-corrected chi connectivity index (χ4v) is 5.21. The van der Waals surface area contributed by atoms with Crippen molar-refractivity contribution in [2.45, 2.75) is 10.5 Å². The van der Waals surface area contributed by atoms with Crippen LogP contribution in [0.2, 0.25) is 5.02 Å². The predicted octanol–water partition coefficient (Wildman–Crippen LogP) is 4.89. The monoisotopic (exact) mass is 370 g/mol. The van der Waals surface area contributed by atoms with E-state index in [1.807, 2.05) is 30.3 Å². The lowest BCUT2D eigenvalue weighted by molar-refractivity contribution is 0.639. The van der Waals surface area contributed by atoms with E-state index in [1.165, 1.54) is 10.6 Å². The summed E-state index contributed by atoms with van der Waals surface area (Å²) in [5.41, 5.74) is 2.27. The number of aromatic nitrogens is 3. The highest BCUT2D eigenvalue weighted by Crippen LogP contribution is 2.51. The Balaban J connectivity index is 1.60. The quantitative estimate of drug-likeness (QED) is 0.641. The van der Waals surface area contributed by atoms with Gasteiger partial charge < -0.3 is 0 Å². The summed E-state index contributed by atoms with van der Waals surface area (Å²) in [6.45, 7) is 0. The lowest BCUT2D eigenvalue weighted by Crippen LogP contribution is -2.29. The van der Waals surface area contributed by atoms with Gasteiger partial charge in [0.05, 0.1) is 0 Å². The highest BCUT2D eigenvalue weighted by atomic mass is 35.5. The number of thioether (sulfide) groups is 2. The largest absolute Gasteiger partial charge is 0.252 e. The second-order valence-corrected chi connectivity index (χ2v) is 7.81. The first-order chi connectivity index (χ1) is 11.8. The van der Waals surface area contributed by atoms with Gasteiger partial charge in [-0.3, -0.25) is 5.01 Å². The minimum absolute atomic E-state index is 0.157.